The zero-order valence-corrected chi connectivity index (χ0v) is 24.1. The monoisotopic (exact) mass is 528 g/mol. The summed E-state index contributed by atoms with van der Waals surface area (Å²) >= 11 is 0. The Morgan fingerprint density at radius 1 is 1.03 bits per heavy atom. The Hall–Kier alpha value is -3.08. The largest absolute Gasteiger partial charge is 0.496 e. The molecule has 0 aliphatic heterocycles. The van der Waals surface area contributed by atoms with Crippen molar-refractivity contribution in [1.82, 2.24) is 4.98 Å². The number of benzene rings is 2. The van der Waals surface area contributed by atoms with E-state index in [1.807, 2.05) is 0 Å². The van der Waals surface area contributed by atoms with Gasteiger partial charge in [-0.15, -0.1) is 0 Å². The first-order valence-electron chi connectivity index (χ1n) is 14.9. The van der Waals surface area contributed by atoms with Crippen molar-refractivity contribution >= 4 is 11.6 Å². The molecule has 0 atom stereocenters. The van der Waals surface area contributed by atoms with Gasteiger partial charge >= 0.3 is 0 Å². The van der Waals surface area contributed by atoms with Crippen molar-refractivity contribution < 1.29 is 13.9 Å². The number of oxazole rings is 1. The van der Waals surface area contributed by atoms with Gasteiger partial charge in [-0.05, 0) is 86.6 Å². The summed E-state index contributed by atoms with van der Waals surface area (Å²) in [5.41, 5.74) is 5.45. The summed E-state index contributed by atoms with van der Waals surface area (Å²) in [6.45, 7) is 7.09. The average Bonchev–Trinajstić information content (AvgIpc) is 3.48. The molecule has 2 fully saturated rings. The molecular weight excluding hydrogens is 484 g/mol. The van der Waals surface area contributed by atoms with Crippen molar-refractivity contribution in [2.75, 3.05) is 18.6 Å². The molecule has 0 N–H and O–H groups in total. The van der Waals surface area contributed by atoms with Gasteiger partial charge in [-0.2, -0.15) is 0 Å². The van der Waals surface area contributed by atoms with Crippen LogP contribution in [0.1, 0.15) is 100 Å². The molecule has 5 rings (SSSR count). The Bertz CT molecular complexity index is 1250. The number of aromatic nitrogens is 1. The highest BCUT2D eigenvalue weighted by Crippen LogP contribution is 2.39. The quantitative estimate of drug-likeness (QED) is 0.293. The van der Waals surface area contributed by atoms with Gasteiger partial charge in [-0.25, -0.2) is 4.98 Å². The number of hydrogen-bond acceptors (Lipinski definition) is 4. The van der Waals surface area contributed by atoms with Crippen LogP contribution in [-0.4, -0.2) is 24.5 Å². The van der Waals surface area contributed by atoms with Crippen molar-refractivity contribution in [3.8, 4) is 17.0 Å². The zero-order chi connectivity index (χ0) is 27.4. The van der Waals surface area contributed by atoms with Gasteiger partial charge in [0.05, 0.1) is 7.11 Å². The molecule has 0 spiro atoms. The smallest absolute Gasteiger partial charge is 0.230 e. The summed E-state index contributed by atoms with van der Waals surface area (Å²) in [4.78, 5) is 20.8. The van der Waals surface area contributed by atoms with E-state index in [0.29, 0.717) is 17.7 Å². The Morgan fingerprint density at radius 3 is 2.46 bits per heavy atom. The molecule has 2 aliphatic rings. The summed E-state index contributed by atoms with van der Waals surface area (Å²) in [7, 11) is 1.73. The SMILES string of the molecule is COc1ccc(C2CCC(CN(C(=O)C3CCCCC3)c3cccc(-c4coc(C(C)C)n4)c3)CC2)cc1C. The number of methoxy groups -OCH3 is 1. The molecule has 0 radical (unpaired) electrons. The van der Waals surface area contributed by atoms with E-state index in [1.165, 1.54) is 30.4 Å². The van der Waals surface area contributed by atoms with Crippen LogP contribution in [0.5, 0.6) is 5.75 Å². The average molecular weight is 529 g/mol. The van der Waals surface area contributed by atoms with Crippen molar-refractivity contribution in [3.05, 3.63) is 65.7 Å². The second-order valence-electron chi connectivity index (χ2n) is 12.0. The molecule has 0 unspecified atom stereocenters. The minimum absolute atomic E-state index is 0.139. The summed E-state index contributed by atoms with van der Waals surface area (Å²) in [5.74, 6) is 3.48. The van der Waals surface area contributed by atoms with Crippen LogP contribution >= 0.6 is 0 Å². The van der Waals surface area contributed by atoms with Gasteiger partial charge in [0.15, 0.2) is 5.89 Å². The predicted molar refractivity (Wildman–Crippen MR) is 157 cm³/mol. The highest BCUT2D eigenvalue weighted by atomic mass is 16.5. The lowest BCUT2D eigenvalue weighted by atomic mass is 9.78. The van der Waals surface area contributed by atoms with Crippen LogP contribution in [0.15, 0.2) is 53.1 Å². The maximum absolute atomic E-state index is 14.0. The number of nitrogens with zero attached hydrogens (tertiary/aromatic N) is 2. The van der Waals surface area contributed by atoms with E-state index in [9.17, 15) is 4.79 Å². The topological polar surface area (TPSA) is 55.6 Å². The standard InChI is InChI=1S/C34H44N2O3/c1-23(2)33-35-31(22-39-33)29-11-8-12-30(20-29)36(34(37)27-9-6-5-7-10-27)21-25-13-15-26(16-14-25)28-17-18-32(38-4)24(3)19-28/h8,11-12,17-20,22-23,25-27H,5-7,9-10,13-16,21H2,1-4H3. The number of ether oxygens (including phenoxy) is 1. The lowest BCUT2D eigenvalue weighted by molar-refractivity contribution is -0.123. The fourth-order valence-corrected chi connectivity index (χ4v) is 6.50. The number of rotatable bonds is 8. The minimum atomic E-state index is 0.139. The second kappa shape index (κ2) is 12.4. The van der Waals surface area contributed by atoms with Gasteiger partial charge in [0.25, 0.3) is 0 Å². The molecule has 3 aromatic rings. The van der Waals surface area contributed by atoms with Crippen LogP contribution in [0, 0.1) is 18.8 Å². The lowest BCUT2D eigenvalue weighted by Crippen LogP contribution is -2.41. The van der Waals surface area contributed by atoms with Gasteiger partial charge in [-0.3, -0.25) is 4.79 Å². The second-order valence-corrected chi connectivity index (χ2v) is 12.0. The summed E-state index contributed by atoms with van der Waals surface area (Å²) < 4.78 is 11.2. The highest BCUT2D eigenvalue weighted by Gasteiger charge is 2.31. The van der Waals surface area contributed by atoms with Crippen molar-refractivity contribution in [1.29, 1.82) is 0 Å². The van der Waals surface area contributed by atoms with Crippen molar-refractivity contribution in [2.24, 2.45) is 11.8 Å². The van der Waals surface area contributed by atoms with E-state index >= 15 is 0 Å². The van der Waals surface area contributed by atoms with Gasteiger partial charge in [0.2, 0.25) is 5.91 Å². The summed E-state index contributed by atoms with van der Waals surface area (Å²) in [5, 5.41) is 0. The van der Waals surface area contributed by atoms with E-state index in [0.717, 1.165) is 73.7 Å². The zero-order valence-electron chi connectivity index (χ0n) is 24.1. The van der Waals surface area contributed by atoms with Gasteiger partial charge in [0.1, 0.15) is 17.7 Å². The fraction of sp³-hybridized carbons (Fsp3) is 0.529. The van der Waals surface area contributed by atoms with Crippen LogP contribution < -0.4 is 9.64 Å². The molecule has 5 heteroatoms. The number of aryl methyl sites for hydroxylation is 1. The Kier molecular flexibility index (Phi) is 8.74. The van der Waals surface area contributed by atoms with Gasteiger partial charge in [0, 0.05) is 29.6 Å². The van der Waals surface area contributed by atoms with Crippen molar-refractivity contribution in [2.45, 2.75) is 90.4 Å². The first-order valence-corrected chi connectivity index (χ1v) is 14.9. The number of anilines is 1. The first kappa shape index (κ1) is 27.5. The summed E-state index contributed by atoms with van der Waals surface area (Å²) in [6.07, 6.45) is 12.0. The Labute approximate surface area is 234 Å². The Morgan fingerprint density at radius 2 is 1.79 bits per heavy atom. The lowest BCUT2D eigenvalue weighted by Gasteiger charge is -2.35. The van der Waals surface area contributed by atoms with E-state index in [2.05, 4.69) is 68.1 Å². The maximum Gasteiger partial charge on any atom is 0.230 e. The summed E-state index contributed by atoms with van der Waals surface area (Å²) in [6, 6.07) is 15.0. The van der Waals surface area contributed by atoms with E-state index < -0.39 is 0 Å². The van der Waals surface area contributed by atoms with Crippen LogP contribution in [0.3, 0.4) is 0 Å². The number of hydrogen-bond donors (Lipinski definition) is 0. The Balaban J connectivity index is 1.33. The third-order valence-electron chi connectivity index (χ3n) is 8.87. The molecule has 5 nitrogen and oxygen atoms in total. The van der Waals surface area contributed by atoms with Crippen LogP contribution in [0.4, 0.5) is 5.69 Å². The van der Waals surface area contributed by atoms with Crippen LogP contribution in [-0.2, 0) is 4.79 Å². The first-order chi connectivity index (χ1) is 18.9. The maximum atomic E-state index is 14.0. The van der Waals surface area contributed by atoms with E-state index in [4.69, 9.17) is 14.1 Å². The van der Waals surface area contributed by atoms with Crippen LogP contribution in [0.25, 0.3) is 11.3 Å². The van der Waals surface area contributed by atoms with Crippen molar-refractivity contribution in [3.63, 3.8) is 0 Å². The van der Waals surface area contributed by atoms with Gasteiger partial charge < -0.3 is 14.1 Å². The molecule has 1 amide bonds. The molecule has 2 aromatic carbocycles. The normalized spacial score (nSPS) is 20.2. The molecule has 1 heterocycles. The number of carbonyl (C=O) groups is 1. The molecule has 39 heavy (non-hydrogen) atoms. The highest BCUT2D eigenvalue weighted by molar-refractivity contribution is 5.95. The van der Waals surface area contributed by atoms with E-state index in [1.54, 1.807) is 13.4 Å². The molecule has 2 saturated carbocycles. The molecular formula is C34H44N2O3. The minimum Gasteiger partial charge on any atom is -0.496 e. The molecule has 0 saturated heterocycles. The predicted octanol–water partition coefficient (Wildman–Crippen LogP) is 8.67. The van der Waals surface area contributed by atoms with Crippen LogP contribution in [0.2, 0.25) is 0 Å². The molecule has 208 valence electrons. The molecule has 1 aromatic heterocycles. The number of carbonyl (C=O) groups excluding carboxylic acids is 1. The van der Waals surface area contributed by atoms with E-state index in [-0.39, 0.29) is 11.8 Å². The third kappa shape index (κ3) is 6.40. The third-order valence-corrected chi connectivity index (χ3v) is 8.87. The molecule has 0 bridgehead atoms. The number of amides is 1. The van der Waals surface area contributed by atoms with Gasteiger partial charge in [-0.1, -0.05) is 57.4 Å². The molecule has 2 aliphatic carbocycles. The fourth-order valence-electron chi connectivity index (χ4n) is 6.50.